The van der Waals surface area contributed by atoms with Gasteiger partial charge in [-0.3, -0.25) is 9.10 Å². The molecule has 0 spiro atoms. The lowest BCUT2D eigenvalue weighted by molar-refractivity contribution is 0.0944. The van der Waals surface area contributed by atoms with Crippen molar-refractivity contribution < 1.29 is 13.2 Å². The molecule has 1 aromatic rings. The Labute approximate surface area is 124 Å². The Morgan fingerprint density at radius 2 is 2.29 bits per heavy atom. The Balaban J connectivity index is 2.22. The minimum Gasteiger partial charge on any atom is -0.336 e. The van der Waals surface area contributed by atoms with Gasteiger partial charge in [0, 0.05) is 12.1 Å². The van der Waals surface area contributed by atoms with Gasteiger partial charge in [0.25, 0.3) is 5.91 Å². The molecule has 1 atom stereocenters. The molecule has 6 nitrogen and oxygen atoms in total. The zero-order chi connectivity index (χ0) is 15.5. The average molecular weight is 307 g/mol. The molecule has 0 aliphatic carbocycles. The van der Waals surface area contributed by atoms with E-state index in [0.717, 1.165) is 0 Å². The van der Waals surface area contributed by atoms with Crippen LogP contribution in [-0.4, -0.2) is 32.7 Å². The second-order valence-electron chi connectivity index (χ2n) is 4.86. The van der Waals surface area contributed by atoms with Crippen molar-refractivity contribution in [3.8, 4) is 6.07 Å². The fraction of sp³-hybridized carbons (Fsp3) is 0.429. The van der Waals surface area contributed by atoms with E-state index in [1.807, 2.05) is 6.07 Å². The van der Waals surface area contributed by atoms with Crippen LogP contribution in [-0.2, 0) is 10.0 Å². The van der Waals surface area contributed by atoms with E-state index >= 15 is 0 Å². The topological polar surface area (TPSA) is 90.3 Å². The van der Waals surface area contributed by atoms with Crippen LogP contribution in [0, 0.1) is 11.3 Å². The minimum atomic E-state index is -3.27. The number of carbonyl (C=O) groups is 1. The summed E-state index contributed by atoms with van der Waals surface area (Å²) in [5, 5.41) is 11.5. The molecule has 1 aromatic carbocycles. The number of carbonyl (C=O) groups excluding carboxylic acids is 1. The van der Waals surface area contributed by atoms with Crippen LogP contribution in [0.3, 0.4) is 0 Å². The molecular weight excluding hydrogens is 290 g/mol. The van der Waals surface area contributed by atoms with Crippen molar-refractivity contribution in [2.75, 3.05) is 16.6 Å². The van der Waals surface area contributed by atoms with Crippen molar-refractivity contribution in [3.05, 3.63) is 29.8 Å². The quantitative estimate of drug-likeness (QED) is 0.906. The zero-order valence-corrected chi connectivity index (χ0v) is 12.6. The van der Waals surface area contributed by atoms with E-state index in [4.69, 9.17) is 5.26 Å². The molecule has 0 unspecified atom stereocenters. The van der Waals surface area contributed by atoms with Gasteiger partial charge in [-0.1, -0.05) is 13.0 Å². The fourth-order valence-electron chi connectivity index (χ4n) is 2.20. The van der Waals surface area contributed by atoms with Crippen LogP contribution in [0.25, 0.3) is 0 Å². The van der Waals surface area contributed by atoms with Gasteiger partial charge in [0.1, 0.15) is 6.04 Å². The highest BCUT2D eigenvalue weighted by Gasteiger charge is 2.28. The van der Waals surface area contributed by atoms with E-state index in [2.05, 4.69) is 5.32 Å². The zero-order valence-electron chi connectivity index (χ0n) is 11.7. The number of anilines is 1. The molecule has 0 saturated carbocycles. The second kappa shape index (κ2) is 6.14. The SMILES string of the molecule is CC[C@@H](C#N)NC(=O)c1cccc(N2CCCS2(=O)=O)c1. The van der Waals surface area contributed by atoms with Crippen LogP contribution in [0.4, 0.5) is 5.69 Å². The molecule has 1 aliphatic heterocycles. The number of hydrogen-bond acceptors (Lipinski definition) is 4. The third-order valence-electron chi connectivity index (χ3n) is 3.37. The van der Waals surface area contributed by atoms with E-state index in [1.54, 1.807) is 31.2 Å². The monoisotopic (exact) mass is 307 g/mol. The van der Waals surface area contributed by atoms with Crippen LogP contribution < -0.4 is 9.62 Å². The van der Waals surface area contributed by atoms with Gasteiger partial charge in [-0.2, -0.15) is 5.26 Å². The summed E-state index contributed by atoms with van der Waals surface area (Å²) in [5.74, 6) is -0.239. The number of benzene rings is 1. The maximum atomic E-state index is 12.1. The summed E-state index contributed by atoms with van der Waals surface area (Å²) in [6.07, 6.45) is 1.10. The van der Waals surface area contributed by atoms with Gasteiger partial charge in [-0.15, -0.1) is 0 Å². The van der Waals surface area contributed by atoms with Crippen molar-refractivity contribution in [2.45, 2.75) is 25.8 Å². The van der Waals surface area contributed by atoms with Crippen molar-refractivity contribution in [3.63, 3.8) is 0 Å². The summed E-state index contributed by atoms with van der Waals surface area (Å²) in [6.45, 7) is 2.24. The average Bonchev–Trinajstić information content (AvgIpc) is 2.84. The molecule has 2 rings (SSSR count). The van der Waals surface area contributed by atoms with Crippen LogP contribution in [0.1, 0.15) is 30.1 Å². The Hall–Kier alpha value is -2.07. The Morgan fingerprint density at radius 3 is 2.86 bits per heavy atom. The molecule has 0 radical (unpaired) electrons. The number of nitriles is 1. The molecule has 21 heavy (non-hydrogen) atoms. The first-order valence-electron chi connectivity index (χ1n) is 6.79. The lowest BCUT2D eigenvalue weighted by Crippen LogP contribution is -2.33. The molecule has 1 aliphatic rings. The van der Waals surface area contributed by atoms with Gasteiger partial charge in [0.2, 0.25) is 10.0 Å². The van der Waals surface area contributed by atoms with Crippen LogP contribution >= 0.6 is 0 Å². The third-order valence-corrected chi connectivity index (χ3v) is 5.23. The molecule has 1 heterocycles. The molecule has 0 aromatic heterocycles. The Kier molecular flexibility index (Phi) is 4.48. The van der Waals surface area contributed by atoms with E-state index < -0.39 is 16.1 Å². The van der Waals surface area contributed by atoms with Crippen molar-refractivity contribution in [1.29, 1.82) is 5.26 Å². The van der Waals surface area contributed by atoms with E-state index in [9.17, 15) is 13.2 Å². The lowest BCUT2D eigenvalue weighted by atomic mass is 10.1. The molecule has 1 N–H and O–H groups in total. The molecule has 1 saturated heterocycles. The highest BCUT2D eigenvalue weighted by Crippen LogP contribution is 2.24. The van der Waals surface area contributed by atoms with Gasteiger partial charge in [-0.25, -0.2) is 8.42 Å². The summed E-state index contributed by atoms with van der Waals surface area (Å²) >= 11 is 0. The summed E-state index contributed by atoms with van der Waals surface area (Å²) in [5.41, 5.74) is 0.841. The fourth-order valence-corrected chi connectivity index (χ4v) is 3.76. The number of nitrogens with zero attached hydrogens (tertiary/aromatic N) is 2. The number of sulfonamides is 1. The predicted octanol–water partition coefficient (Wildman–Crippen LogP) is 1.26. The molecule has 112 valence electrons. The molecular formula is C14H17N3O3S. The number of amides is 1. The standard InChI is InChI=1S/C14H17N3O3S/c1-2-12(10-15)16-14(18)11-5-3-6-13(9-11)17-7-4-8-21(17,19)20/h3,5-6,9,12H,2,4,7-8H2,1H3,(H,16,18)/t12-/m0/s1. The minimum absolute atomic E-state index is 0.135. The summed E-state index contributed by atoms with van der Waals surface area (Å²) in [6, 6.07) is 7.91. The van der Waals surface area contributed by atoms with E-state index in [0.29, 0.717) is 30.6 Å². The molecule has 7 heteroatoms. The van der Waals surface area contributed by atoms with Crippen molar-refractivity contribution in [1.82, 2.24) is 5.32 Å². The van der Waals surface area contributed by atoms with Gasteiger partial charge < -0.3 is 5.32 Å². The van der Waals surface area contributed by atoms with Crippen LogP contribution in [0.2, 0.25) is 0 Å². The van der Waals surface area contributed by atoms with E-state index in [-0.39, 0.29) is 11.7 Å². The maximum Gasteiger partial charge on any atom is 0.252 e. The maximum absolute atomic E-state index is 12.1. The van der Waals surface area contributed by atoms with Crippen molar-refractivity contribution >= 4 is 21.6 Å². The van der Waals surface area contributed by atoms with E-state index in [1.165, 1.54) is 4.31 Å². The Bertz CT molecular complexity index is 679. The third kappa shape index (κ3) is 3.34. The first-order chi connectivity index (χ1) is 9.97. The smallest absolute Gasteiger partial charge is 0.252 e. The van der Waals surface area contributed by atoms with Gasteiger partial charge in [-0.05, 0) is 31.0 Å². The molecule has 0 bridgehead atoms. The van der Waals surface area contributed by atoms with Gasteiger partial charge in [0.05, 0.1) is 17.5 Å². The molecule has 1 amide bonds. The van der Waals surface area contributed by atoms with Crippen molar-refractivity contribution in [2.24, 2.45) is 0 Å². The number of nitrogens with one attached hydrogen (secondary N) is 1. The summed E-state index contributed by atoms with van der Waals surface area (Å²) < 4.78 is 25.1. The van der Waals surface area contributed by atoms with Gasteiger partial charge >= 0.3 is 0 Å². The summed E-state index contributed by atoms with van der Waals surface area (Å²) in [4.78, 5) is 12.1. The lowest BCUT2D eigenvalue weighted by Gasteiger charge is -2.17. The highest BCUT2D eigenvalue weighted by molar-refractivity contribution is 7.93. The largest absolute Gasteiger partial charge is 0.336 e. The first kappa shape index (κ1) is 15.3. The normalized spacial score (nSPS) is 18.0. The van der Waals surface area contributed by atoms with Crippen LogP contribution in [0.5, 0.6) is 0 Å². The van der Waals surface area contributed by atoms with Crippen LogP contribution in [0.15, 0.2) is 24.3 Å². The Morgan fingerprint density at radius 1 is 1.52 bits per heavy atom. The highest BCUT2D eigenvalue weighted by atomic mass is 32.2. The predicted molar refractivity (Wildman–Crippen MR) is 79.4 cm³/mol. The second-order valence-corrected chi connectivity index (χ2v) is 6.87. The molecule has 1 fully saturated rings. The number of rotatable bonds is 4. The van der Waals surface area contributed by atoms with Gasteiger partial charge in [0.15, 0.2) is 0 Å². The first-order valence-corrected chi connectivity index (χ1v) is 8.40. The summed E-state index contributed by atoms with van der Waals surface area (Å²) in [7, 11) is -3.27. The number of hydrogen-bond donors (Lipinski definition) is 1.